The molecule has 2 aromatic heterocycles. The molecule has 0 saturated carbocycles. The van der Waals surface area contributed by atoms with Crippen LogP contribution in [0.4, 0.5) is 5.13 Å². The molecule has 3 heterocycles. The van der Waals surface area contributed by atoms with Crippen LogP contribution in [0.1, 0.15) is 23.4 Å². The molecule has 1 aliphatic heterocycles. The van der Waals surface area contributed by atoms with Crippen molar-refractivity contribution in [2.24, 2.45) is 0 Å². The summed E-state index contributed by atoms with van der Waals surface area (Å²) in [6, 6.07) is 5.33. The number of hydrogen-bond acceptors (Lipinski definition) is 5. The molecule has 0 bridgehead atoms. The summed E-state index contributed by atoms with van der Waals surface area (Å²) in [5.41, 5.74) is 3.47. The highest BCUT2D eigenvalue weighted by atomic mass is 35.5. The minimum absolute atomic E-state index is 0.129. The molecule has 6 nitrogen and oxygen atoms in total. The average Bonchev–Trinajstić information content (AvgIpc) is 3.25. The normalized spacial score (nSPS) is 14.8. The highest BCUT2D eigenvalue weighted by Crippen LogP contribution is 2.27. The number of carbonyl (C=O) groups excluding carboxylic acids is 1. The van der Waals surface area contributed by atoms with Gasteiger partial charge in [-0.1, -0.05) is 23.2 Å². The molecule has 9 heteroatoms. The molecule has 0 aliphatic carbocycles. The Morgan fingerprint density at radius 2 is 2.00 bits per heavy atom. The summed E-state index contributed by atoms with van der Waals surface area (Å²) in [5, 5.41) is 8.75. The number of thiazole rings is 1. The van der Waals surface area contributed by atoms with Crippen LogP contribution >= 0.6 is 34.5 Å². The van der Waals surface area contributed by atoms with Crippen molar-refractivity contribution in [2.75, 3.05) is 31.1 Å². The lowest BCUT2D eigenvalue weighted by Crippen LogP contribution is -2.36. The first-order chi connectivity index (χ1) is 14.4. The summed E-state index contributed by atoms with van der Waals surface area (Å²) in [6.07, 6.45) is 3.09. The third-order valence-corrected chi connectivity index (χ3v) is 6.82. The van der Waals surface area contributed by atoms with E-state index < -0.39 is 0 Å². The second kappa shape index (κ2) is 8.96. The summed E-state index contributed by atoms with van der Waals surface area (Å²) >= 11 is 14.0. The van der Waals surface area contributed by atoms with Gasteiger partial charge in [0.15, 0.2) is 5.13 Å². The predicted molar refractivity (Wildman–Crippen MR) is 122 cm³/mol. The molecule has 158 valence electrons. The maximum absolute atomic E-state index is 13.1. The van der Waals surface area contributed by atoms with Crippen LogP contribution in [0.3, 0.4) is 0 Å². The Bertz CT molecular complexity index is 1050. The van der Waals surface area contributed by atoms with Gasteiger partial charge in [-0.25, -0.2) is 9.67 Å². The average molecular weight is 464 g/mol. The van der Waals surface area contributed by atoms with Gasteiger partial charge in [0.1, 0.15) is 0 Å². The van der Waals surface area contributed by atoms with Gasteiger partial charge >= 0.3 is 0 Å². The smallest absolute Gasteiger partial charge is 0.227 e. The van der Waals surface area contributed by atoms with Crippen LogP contribution in [0, 0.1) is 13.8 Å². The number of carbonyl (C=O) groups is 1. The van der Waals surface area contributed by atoms with E-state index in [4.69, 9.17) is 23.2 Å². The van der Waals surface area contributed by atoms with Crippen molar-refractivity contribution in [3.63, 3.8) is 0 Å². The van der Waals surface area contributed by atoms with Gasteiger partial charge in [-0.15, -0.1) is 11.3 Å². The lowest BCUT2D eigenvalue weighted by molar-refractivity contribution is -0.130. The van der Waals surface area contributed by atoms with Crippen molar-refractivity contribution in [1.29, 1.82) is 0 Å². The maximum atomic E-state index is 13.1. The predicted octanol–water partition coefficient (Wildman–Crippen LogP) is 4.53. The highest BCUT2D eigenvalue weighted by Gasteiger charge is 2.23. The van der Waals surface area contributed by atoms with E-state index in [0.29, 0.717) is 23.0 Å². The van der Waals surface area contributed by atoms with Crippen LogP contribution in [0.25, 0.3) is 5.69 Å². The van der Waals surface area contributed by atoms with Gasteiger partial charge < -0.3 is 9.80 Å². The van der Waals surface area contributed by atoms with E-state index in [0.717, 1.165) is 53.8 Å². The van der Waals surface area contributed by atoms with Gasteiger partial charge in [-0.05, 0) is 38.5 Å². The van der Waals surface area contributed by atoms with E-state index in [1.807, 2.05) is 36.4 Å². The summed E-state index contributed by atoms with van der Waals surface area (Å²) < 4.78 is 1.79. The zero-order valence-corrected chi connectivity index (χ0v) is 19.3. The number of nitrogens with zero attached hydrogens (tertiary/aromatic N) is 5. The van der Waals surface area contributed by atoms with Crippen LogP contribution in [-0.4, -0.2) is 51.8 Å². The fraction of sp³-hybridized carbons (Fsp3) is 0.381. The zero-order chi connectivity index (χ0) is 21.3. The van der Waals surface area contributed by atoms with Gasteiger partial charge in [0.05, 0.1) is 22.8 Å². The molecular weight excluding hydrogens is 441 g/mol. The van der Waals surface area contributed by atoms with Gasteiger partial charge in [0.2, 0.25) is 5.91 Å². The van der Waals surface area contributed by atoms with Crippen molar-refractivity contribution >= 4 is 45.6 Å². The Kier molecular flexibility index (Phi) is 6.32. The second-order valence-corrected chi connectivity index (χ2v) is 9.09. The molecular formula is C21H23Cl2N5OS. The molecule has 0 N–H and O–H groups in total. The topological polar surface area (TPSA) is 54.3 Å². The molecule has 0 spiro atoms. The number of benzene rings is 1. The molecule has 4 rings (SSSR count). The summed E-state index contributed by atoms with van der Waals surface area (Å²) in [4.78, 5) is 21.7. The Balaban J connectivity index is 1.49. The summed E-state index contributed by atoms with van der Waals surface area (Å²) in [6.45, 7) is 7.09. The monoisotopic (exact) mass is 463 g/mol. The molecule has 0 radical (unpaired) electrons. The Labute approximate surface area is 190 Å². The number of rotatable bonds is 4. The van der Waals surface area contributed by atoms with Crippen molar-refractivity contribution in [3.05, 3.63) is 56.8 Å². The molecule has 30 heavy (non-hydrogen) atoms. The first kappa shape index (κ1) is 21.2. The number of aromatic nitrogens is 3. The lowest BCUT2D eigenvalue weighted by Gasteiger charge is -2.22. The van der Waals surface area contributed by atoms with Crippen molar-refractivity contribution < 1.29 is 4.79 Å². The first-order valence-electron chi connectivity index (χ1n) is 9.87. The third-order valence-electron chi connectivity index (χ3n) is 5.45. The molecule has 1 aromatic carbocycles. The lowest BCUT2D eigenvalue weighted by atomic mass is 10.1. The standard InChI is InChI=1S/C21H23Cl2N5OS/c1-14-17(15(2)28(25-14)19-5-4-16(22)12-18(19)23)13-20(29)26-7-3-8-27(10-9-26)21-24-6-11-30-21/h4-6,11-12H,3,7-10,13H2,1-2H3. The van der Waals surface area contributed by atoms with E-state index >= 15 is 0 Å². The van der Waals surface area contributed by atoms with E-state index in [-0.39, 0.29) is 5.91 Å². The zero-order valence-electron chi connectivity index (χ0n) is 16.9. The van der Waals surface area contributed by atoms with Crippen LogP contribution in [0.2, 0.25) is 10.0 Å². The van der Waals surface area contributed by atoms with E-state index in [1.165, 1.54) is 0 Å². The second-order valence-electron chi connectivity index (χ2n) is 7.37. The minimum Gasteiger partial charge on any atom is -0.346 e. The fourth-order valence-corrected chi connectivity index (χ4v) is 5.00. The third kappa shape index (κ3) is 4.33. The van der Waals surface area contributed by atoms with Gasteiger partial charge in [-0.3, -0.25) is 4.79 Å². The molecule has 1 fully saturated rings. The van der Waals surface area contributed by atoms with E-state index in [9.17, 15) is 4.79 Å². The van der Waals surface area contributed by atoms with E-state index in [2.05, 4.69) is 15.0 Å². The number of anilines is 1. The molecule has 3 aromatic rings. The quantitative estimate of drug-likeness (QED) is 0.569. The Morgan fingerprint density at radius 1 is 1.17 bits per heavy atom. The molecule has 0 unspecified atom stereocenters. The largest absolute Gasteiger partial charge is 0.346 e. The first-order valence-corrected chi connectivity index (χ1v) is 11.5. The number of halogens is 2. The van der Waals surface area contributed by atoms with Crippen LogP contribution in [-0.2, 0) is 11.2 Å². The molecule has 0 atom stereocenters. The van der Waals surface area contributed by atoms with Crippen molar-refractivity contribution in [2.45, 2.75) is 26.7 Å². The van der Waals surface area contributed by atoms with E-state index in [1.54, 1.807) is 28.2 Å². The highest BCUT2D eigenvalue weighted by molar-refractivity contribution is 7.13. The Morgan fingerprint density at radius 3 is 2.73 bits per heavy atom. The Hall–Kier alpha value is -2.09. The van der Waals surface area contributed by atoms with Crippen LogP contribution < -0.4 is 4.90 Å². The molecule has 1 aliphatic rings. The minimum atomic E-state index is 0.129. The van der Waals surface area contributed by atoms with Crippen molar-refractivity contribution in [3.8, 4) is 5.69 Å². The summed E-state index contributed by atoms with van der Waals surface area (Å²) in [7, 11) is 0. The molecule has 1 amide bonds. The van der Waals surface area contributed by atoms with Crippen LogP contribution in [0.15, 0.2) is 29.8 Å². The SMILES string of the molecule is Cc1nn(-c2ccc(Cl)cc2Cl)c(C)c1CC(=O)N1CCCN(c2nccs2)CC1. The maximum Gasteiger partial charge on any atom is 0.227 e. The summed E-state index contributed by atoms with van der Waals surface area (Å²) in [5.74, 6) is 0.129. The number of amides is 1. The molecule has 1 saturated heterocycles. The van der Waals surface area contributed by atoms with Gasteiger partial charge in [0, 0.05) is 54.0 Å². The van der Waals surface area contributed by atoms with Crippen LogP contribution in [0.5, 0.6) is 0 Å². The van der Waals surface area contributed by atoms with Gasteiger partial charge in [0.25, 0.3) is 0 Å². The number of aryl methyl sites for hydroxylation is 1. The van der Waals surface area contributed by atoms with Crippen molar-refractivity contribution in [1.82, 2.24) is 19.7 Å². The number of hydrogen-bond donors (Lipinski definition) is 0. The van der Waals surface area contributed by atoms with Gasteiger partial charge in [-0.2, -0.15) is 5.10 Å². The fourth-order valence-electron chi connectivity index (χ4n) is 3.81.